The summed E-state index contributed by atoms with van der Waals surface area (Å²) in [7, 11) is 0. The summed E-state index contributed by atoms with van der Waals surface area (Å²) in [5.74, 6) is -1.60. The molecule has 5 heteroatoms. The van der Waals surface area contributed by atoms with Crippen LogP contribution in [0, 0.1) is 0 Å². The van der Waals surface area contributed by atoms with Crippen molar-refractivity contribution < 1.29 is 32.9 Å². The van der Waals surface area contributed by atoms with Crippen LogP contribution >= 0.6 is 0 Å². The standard InChI is InChI=1S/C54H37N5/c1-54(2)45-22-12-9-19-39(45)40-28-27-38(31-46(40)54)51-55-52(58-47-23-13-10-20-41(47)43-29-25-36(32-49(43)58)34-15-5-3-6-16-34)57-53(56-51)59-48-24-14-11-21-42(48)44-30-26-37(33-50(44)59)35-17-7-4-8-18-35/h3-33H,1-2H3/i3D,4D,5D,6D,7D,8D,10D,11D,13D,14D,15D,16D,17D,18D,20D,21D,23D,24D,25D,26D,29D,30D,32D,33D. The number of rotatable bonds is 5. The molecule has 0 fully saturated rings. The second kappa shape index (κ2) is 12.7. The molecule has 0 N–H and O–H groups in total. The van der Waals surface area contributed by atoms with Crippen LogP contribution in [-0.4, -0.2) is 24.1 Å². The van der Waals surface area contributed by atoms with Gasteiger partial charge in [0, 0.05) is 32.5 Å². The molecule has 1 aliphatic carbocycles. The predicted octanol–water partition coefficient (Wildman–Crippen LogP) is 13.4. The van der Waals surface area contributed by atoms with Gasteiger partial charge in [0.05, 0.1) is 55.0 Å². The van der Waals surface area contributed by atoms with Gasteiger partial charge in [-0.15, -0.1) is 0 Å². The number of hydrogen-bond acceptors (Lipinski definition) is 3. The van der Waals surface area contributed by atoms with E-state index in [0.717, 1.165) is 31.4 Å². The number of nitrogens with zero attached hydrogens (tertiary/aromatic N) is 5. The lowest BCUT2D eigenvalue weighted by Crippen LogP contribution is -2.15. The second-order valence-corrected chi connectivity index (χ2v) is 14.3. The van der Waals surface area contributed by atoms with Crippen LogP contribution in [0.4, 0.5) is 0 Å². The Bertz CT molecular complexity index is 4590. The zero-order valence-electron chi connectivity index (χ0n) is 54.8. The van der Waals surface area contributed by atoms with E-state index in [1.807, 2.05) is 44.2 Å². The molecule has 278 valence electrons. The van der Waals surface area contributed by atoms with Gasteiger partial charge in [-0.1, -0.05) is 171 Å². The van der Waals surface area contributed by atoms with Crippen LogP contribution in [0.5, 0.6) is 0 Å². The van der Waals surface area contributed by atoms with Gasteiger partial charge in [-0.2, -0.15) is 15.0 Å². The Morgan fingerprint density at radius 1 is 0.424 bits per heavy atom. The van der Waals surface area contributed by atoms with E-state index in [4.69, 9.17) is 34.1 Å². The molecule has 0 amide bonds. The Hall–Kier alpha value is -7.63. The third-order valence-electron chi connectivity index (χ3n) is 10.7. The second-order valence-electron chi connectivity index (χ2n) is 14.3. The van der Waals surface area contributed by atoms with Gasteiger partial charge in [-0.05, 0) is 74.7 Å². The Balaban J connectivity index is 1.32. The van der Waals surface area contributed by atoms with Crippen LogP contribution in [0.1, 0.15) is 57.9 Å². The summed E-state index contributed by atoms with van der Waals surface area (Å²) < 4.78 is 219. The highest BCUT2D eigenvalue weighted by Crippen LogP contribution is 2.49. The van der Waals surface area contributed by atoms with Crippen molar-refractivity contribution in [2.45, 2.75) is 19.3 Å². The fraction of sp³-hybridized carbons (Fsp3) is 0.0556. The average molecular weight is 780 g/mol. The number of benzene rings is 8. The molecular weight excluding hydrogens is 719 g/mol. The van der Waals surface area contributed by atoms with Crippen molar-refractivity contribution in [3.8, 4) is 56.7 Å². The van der Waals surface area contributed by atoms with Crippen LogP contribution in [-0.2, 0) is 5.41 Å². The summed E-state index contributed by atoms with van der Waals surface area (Å²) in [6.07, 6.45) is 0. The molecule has 0 bridgehead atoms. The molecule has 12 rings (SSSR count). The fourth-order valence-electron chi connectivity index (χ4n) is 7.95. The molecule has 3 aromatic heterocycles. The number of aromatic nitrogens is 5. The van der Waals surface area contributed by atoms with E-state index < -0.39 is 228 Å². The molecular formula is C54H37N5. The molecule has 0 aliphatic heterocycles. The Labute approximate surface area is 375 Å². The molecule has 5 nitrogen and oxygen atoms in total. The largest absolute Gasteiger partial charge is 0.278 e. The van der Waals surface area contributed by atoms with Crippen LogP contribution in [0.2, 0.25) is 0 Å². The molecule has 0 saturated carbocycles. The van der Waals surface area contributed by atoms with E-state index in [1.165, 1.54) is 0 Å². The summed E-state index contributed by atoms with van der Waals surface area (Å²) >= 11 is 0. The summed E-state index contributed by atoms with van der Waals surface area (Å²) in [5, 5.41) is -1.78. The smallest absolute Gasteiger partial charge is 0.240 e. The van der Waals surface area contributed by atoms with E-state index in [0.29, 0.717) is 0 Å². The topological polar surface area (TPSA) is 48.5 Å². The van der Waals surface area contributed by atoms with E-state index in [-0.39, 0.29) is 11.4 Å². The molecule has 0 unspecified atom stereocenters. The normalized spacial score (nSPS) is 18.7. The summed E-state index contributed by atoms with van der Waals surface area (Å²) in [4.78, 5) is 14.7. The molecule has 0 radical (unpaired) electrons. The lowest BCUT2D eigenvalue weighted by Gasteiger charge is -2.22. The van der Waals surface area contributed by atoms with Crippen molar-refractivity contribution in [1.29, 1.82) is 0 Å². The minimum Gasteiger partial charge on any atom is -0.278 e. The third kappa shape index (κ3) is 5.08. The van der Waals surface area contributed by atoms with Crippen molar-refractivity contribution in [2.75, 3.05) is 0 Å². The average Bonchev–Trinajstić information content (AvgIpc) is 1.76. The maximum Gasteiger partial charge on any atom is 0.240 e. The molecule has 1 aliphatic rings. The summed E-state index contributed by atoms with van der Waals surface area (Å²) in [5.41, 5.74) is -1.72. The Kier molecular flexibility index (Phi) is 3.76. The first-order valence-electron chi connectivity index (χ1n) is 30.2. The van der Waals surface area contributed by atoms with Crippen LogP contribution in [0.15, 0.2) is 187 Å². The van der Waals surface area contributed by atoms with Crippen molar-refractivity contribution in [2.24, 2.45) is 0 Å². The first kappa shape index (κ1) is 17.5. The molecule has 3 heterocycles. The van der Waals surface area contributed by atoms with Gasteiger partial charge in [-0.3, -0.25) is 9.13 Å². The number of hydrogen-bond donors (Lipinski definition) is 0. The van der Waals surface area contributed by atoms with E-state index in [9.17, 15) is 13.7 Å². The minimum absolute atomic E-state index is 0.223. The summed E-state index contributed by atoms with van der Waals surface area (Å²) in [6, 6.07) is -6.87. The highest BCUT2D eigenvalue weighted by atomic mass is 15.3. The molecule has 0 saturated heterocycles. The van der Waals surface area contributed by atoms with Crippen LogP contribution < -0.4 is 0 Å². The zero-order chi connectivity index (χ0) is 60.1. The van der Waals surface area contributed by atoms with Gasteiger partial charge < -0.3 is 0 Å². The van der Waals surface area contributed by atoms with Gasteiger partial charge in [0.1, 0.15) is 0 Å². The van der Waals surface area contributed by atoms with Crippen molar-refractivity contribution in [3.63, 3.8) is 0 Å². The predicted molar refractivity (Wildman–Crippen MR) is 242 cm³/mol. The van der Waals surface area contributed by atoms with Crippen molar-refractivity contribution >= 4 is 43.6 Å². The number of fused-ring (bicyclic) bond motifs is 9. The van der Waals surface area contributed by atoms with Crippen molar-refractivity contribution in [1.82, 2.24) is 24.1 Å². The minimum atomic E-state index is -0.858. The van der Waals surface area contributed by atoms with Gasteiger partial charge in [-0.25, -0.2) is 0 Å². The van der Waals surface area contributed by atoms with E-state index >= 15 is 0 Å². The van der Waals surface area contributed by atoms with E-state index in [1.54, 1.807) is 12.1 Å². The maximum atomic E-state index is 9.97. The SMILES string of the molecule is [2H]c1c([2H])c([2H])c(-c2c([2H])c([2H])c3c4c([2H])c([2H])c([2H])c([2H])c4n(-c4nc(-c5ccc6c(c5)C(C)(C)c5ccccc5-6)nc(-n5c6c([2H])c([2H])c([2H])c([2H])c6c6c([2H])c([2H])c(-c7c([2H])c([2H])c([2H])c([2H])c7[2H])c([2H])c65)n4)c3c2[2H])c([2H])c1[2H]. The monoisotopic (exact) mass is 779 g/mol. The zero-order valence-corrected chi connectivity index (χ0v) is 30.8. The first-order valence-corrected chi connectivity index (χ1v) is 18.2. The Morgan fingerprint density at radius 2 is 0.915 bits per heavy atom. The molecule has 11 aromatic rings. The Morgan fingerprint density at radius 3 is 1.49 bits per heavy atom. The molecule has 59 heavy (non-hydrogen) atoms. The quantitative estimate of drug-likeness (QED) is 0.175. The summed E-state index contributed by atoms with van der Waals surface area (Å²) in [6.45, 7) is 3.98. The van der Waals surface area contributed by atoms with Gasteiger partial charge in [0.2, 0.25) is 11.9 Å². The van der Waals surface area contributed by atoms with E-state index in [2.05, 4.69) is 0 Å². The highest BCUT2D eigenvalue weighted by molar-refractivity contribution is 6.11. The lowest BCUT2D eigenvalue weighted by atomic mass is 9.82. The maximum absolute atomic E-state index is 9.97. The fourth-order valence-corrected chi connectivity index (χ4v) is 7.95. The molecule has 8 aromatic carbocycles. The first-order chi connectivity index (χ1) is 39.0. The van der Waals surface area contributed by atoms with Gasteiger partial charge in [0.25, 0.3) is 0 Å². The van der Waals surface area contributed by atoms with Crippen LogP contribution in [0.3, 0.4) is 0 Å². The van der Waals surface area contributed by atoms with Crippen LogP contribution in [0.25, 0.3) is 100 Å². The molecule has 0 spiro atoms. The molecule has 0 atom stereocenters. The van der Waals surface area contributed by atoms with Gasteiger partial charge in [0.15, 0.2) is 5.82 Å². The number of para-hydroxylation sites is 2. The van der Waals surface area contributed by atoms with Gasteiger partial charge >= 0.3 is 0 Å². The highest BCUT2D eigenvalue weighted by Gasteiger charge is 2.35. The third-order valence-corrected chi connectivity index (χ3v) is 10.7. The lowest BCUT2D eigenvalue weighted by molar-refractivity contribution is 0.660. The van der Waals surface area contributed by atoms with Crippen molar-refractivity contribution in [3.05, 3.63) is 199 Å².